The first kappa shape index (κ1) is 7.32. The lowest BCUT2D eigenvalue weighted by atomic mass is 10.1. The molecule has 0 amide bonds. The van der Waals surface area contributed by atoms with Gasteiger partial charge in [-0.1, -0.05) is 6.42 Å². The van der Waals surface area contributed by atoms with Crippen LogP contribution in [0.2, 0.25) is 0 Å². The molecule has 54 valence electrons. The van der Waals surface area contributed by atoms with E-state index in [1.165, 1.54) is 0 Å². The summed E-state index contributed by atoms with van der Waals surface area (Å²) in [6.07, 6.45) is 3.09. The van der Waals surface area contributed by atoms with Gasteiger partial charge in [0.05, 0.1) is 6.10 Å². The second-order valence-corrected chi connectivity index (χ2v) is 2.86. The van der Waals surface area contributed by atoms with Gasteiger partial charge in [-0.3, -0.25) is 0 Å². The average molecular weight is 150 g/mol. The molecule has 1 rings (SSSR count). The zero-order valence-corrected chi connectivity index (χ0v) is 6.06. The minimum atomic E-state index is -0.115. The van der Waals surface area contributed by atoms with Crippen molar-refractivity contribution in [3.8, 4) is 0 Å². The van der Waals surface area contributed by atoms with E-state index in [0.717, 1.165) is 25.8 Å². The smallest absolute Gasteiger partial charge is 0.0581 e. The van der Waals surface area contributed by atoms with Crippen molar-refractivity contribution in [3.63, 3.8) is 0 Å². The molecule has 0 radical (unpaired) electrons. The van der Waals surface area contributed by atoms with Crippen LogP contribution >= 0.6 is 11.8 Å². The maximum absolute atomic E-state index is 9.22. The van der Waals surface area contributed by atoms with Crippen molar-refractivity contribution in [2.45, 2.75) is 25.4 Å². The molecule has 2 atom stereocenters. The molecular formula is C6H12ClNO. The fraction of sp³-hybridized carbons (Fsp3) is 1.00. The molecule has 0 heterocycles. The maximum Gasteiger partial charge on any atom is 0.0581 e. The van der Waals surface area contributed by atoms with Crippen molar-refractivity contribution in [2.75, 3.05) is 6.54 Å². The van der Waals surface area contributed by atoms with Gasteiger partial charge in [0.15, 0.2) is 0 Å². The molecule has 0 bridgehead atoms. The quantitative estimate of drug-likeness (QED) is 0.572. The summed E-state index contributed by atoms with van der Waals surface area (Å²) in [5.41, 5.74) is 0. The first-order chi connectivity index (χ1) is 4.34. The summed E-state index contributed by atoms with van der Waals surface area (Å²) < 4.78 is 0. The van der Waals surface area contributed by atoms with E-state index in [1.807, 2.05) is 0 Å². The normalized spacial score (nSPS) is 35.3. The summed E-state index contributed by atoms with van der Waals surface area (Å²) in [4.78, 5) is 2.55. The fourth-order valence-electron chi connectivity index (χ4n) is 1.35. The first-order valence-corrected chi connectivity index (χ1v) is 3.74. The van der Waals surface area contributed by atoms with Crippen LogP contribution in [0.25, 0.3) is 0 Å². The van der Waals surface area contributed by atoms with Crippen molar-refractivity contribution < 1.29 is 5.11 Å². The van der Waals surface area contributed by atoms with Crippen LogP contribution < -0.4 is 4.84 Å². The van der Waals surface area contributed by atoms with Gasteiger partial charge < -0.3 is 5.11 Å². The summed E-state index contributed by atoms with van der Waals surface area (Å²) in [5, 5.41) is 9.22. The number of halogens is 1. The second kappa shape index (κ2) is 3.40. The molecule has 1 fully saturated rings. The van der Waals surface area contributed by atoms with E-state index in [9.17, 15) is 5.11 Å². The highest BCUT2D eigenvalue weighted by atomic mass is 35.5. The van der Waals surface area contributed by atoms with Crippen molar-refractivity contribution >= 4 is 11.8 Å². The van der Waals surface area contributed by atoms with Crippen molar-refractivity contribution in [1.82, 2.24) is 4.84 Å². The molecule has 0 aromatic heterocycles. The molecule has 0 aromatic carbocycles. The number of aliphatic hydroxyl groups excluding tert-OH is 1. The van der Waals surface area contributed by atoms with Crippen molar-refractivity contribution in [3.05, 3.63) is 0 Å². The number of hydrogen-bond donors (Lipinski definition) is 2. The highest BCUT2D eigenvalue weighted by Gasteiger charge is 2.23. The lowest BCUT2D eigenvalue weighted by Gasteiger charge is -2.11. The molecule has 3 heteroatoms. The van der Waals surface area contributed by atoms with E-state index in [1.54, 1.807) is 0 Å². The van der Waals surface area contributed by atoms with Gasteiger partial charge in [-0.15, -0.1) is 0 Å². The molecule has 0 spiro atoms. The minimum Gasteiger partial charge on any atom is -0.393 e. The summed E-state index contributed by atoms with van der Waals surface area (Å²) in [5.74, 6) is 0.391. The highest BCUT2D eigenvalue weighted by Crippen LogP contribution is 2.24. The standard InChI is InChI=1S/C6H12ClNO/c7-8-4-5-2-1-3-6(5)9/h5-6,8-9H,1-4H2/t5-,6+/m0/s1. The Bertz CT molecular complexity index is 89.1. The largest absolute Gasteiger partial charge is 0.393 e. The Hall–Kier alpha value is 0.210. The fourth-order valence-corrected chi connectivity index (χ4v) is 1.55. The third kappa shape index (κ3) is 1.81. The van der Waals surface area contributed by atoms with Gasteiger partial charge in [-0.05, 0) is 30.5 Å². The lowest BCUT2D eigenvalue weighted by Crippen LogP contribution is -2.22. The minimum absolute atomic E-state index is 0.115. The number of rotatable bonds is 2. The van der Waals surface area contributed by atoms with E-state index >= 15 is 0 Å². The van der Waals surface area contributed by atoms with Gasteiger partial charge in [0, 0.05) is 6.54 Å². The van der Waals surface area contributed by atoms with Crippen LogP contribution in [-0.4, -0.2) is 17.8 Å². The van der Waals surface area contributed by atoms with Crippen LogP contribution in [0.4, 0.5) is 0 Å². The van der Waals surface area contributed by atoms with Crippen molar-refractivity contribution in [1.29, 1.82) is 0 Å². The summed E-state index contributed by atoms with van der Waals surface area (Å²) >= 11 is 5.29. The zero-order valence-electron chi connectivity index (χ0n) is 5.31. The molecule has 2 N–H and O–H groups in total. The SMILES string of the molecule is O[C@@H]1CCC[C@H]1CNCl. The molecule has 1 aliphatic rings. The molecule has 0 aromatic rings. The Morgan fingerprint density at radius 2 is 2.33 bits per heavy atom. The molecular weight excluding hydrogens is 138 g/mol. The maximum atomic E-state index is 9.22. The van der Waals surface area contributed by atoms with Crippen molar-refractivity contribution in [2.24, 2.45) is 5.92 Å². The van der Waals surface area contributed by atoms with Gasteiger partial charge >= 0.3 is 0 Å². The molecule has 0 saturated heterocycles. The van der Waals surface area contributed by atoms with E-state index in [-0.39, 0.29) is 6.10 Å². The molecule has 1 aliphatic carbocycles. The third-order valence-electron chi connectivity index (χ3n) is 1.96. The number of nitrogens with one attached hydrogen (secondary N) is 1. The number of hydrogen-bond acceptors (Lipinski definition) is 2. The van der Waals surface area contributed by atoms with Gasteiger partial charge in [-0.2, -0.15) is 0 Å². The highest BCUT2D eigenvalue weighted by molar-refractivity contribution is 6.13. The Morgan fingerprint density at radius 3 is 2.78 bits per heavy atom. The van der Waals surface area contributed by atoms with E-state index in [0.29, 0.717) is 5.92 Å². The third-order valence-corrected chi connectivity index (χ3v) is 2.11. The van der Waals surface area contributed by atoms with Crippen LogP contribution in [0.1, 0.15) is 19.3 Å². The molecule has 2 nitrogen and oxygen atoms in total. The Morgan fingerprint density at radius 1 is 1.56 bits per heavy atom. The molecule has 9 heavy (non-hydrogen) atoms. The lowest BCUT2D eigenvalue weighted by molar-refractivity contribution is 0.135. The van der Waals surface area contributed by atoms with Gasteiger partial charge in [-0.25, -0.2) is 4.84 Å². The topological polar surface area (TPSA) is 32.3 Å². The monoisotopic (exact) mass is 149 g/mol. The van der Waals surface area contributed by atoms with E-state index in [4.69, 9.17) is 11.8 Å². The van der Waals surface area contributed by atoms with Crippen LogP contribution in [0.5, 0.6) is 0 Å². The summed E-state index contributed by atoms with van der Waals surface area (Å²) in [6.45, 7) is 0.739. The van der Waals surface area contributed by atoms with E-state index < -0.39 is 0 Å². The molecule has 0 aliphatic heterocycles. The Balaban J connectivity index is 2.22. The van der Waals surface area contributed by atoms with Crippen LogP contribution in [0.15, 0.2) is 0 Å². The van der Waals surface area contributed by atoms with Gasteiger partial charge in [0.2, 0.25) is 0 Å². The zero-order chi connectivity index (χ0) is 6.69. The Kier molecular flexibility index (Phi) is 2.76. The predicted molar refractivity (Wildman–Crippen MR) is 37.2 cm³/mol. The summed E-state index contributed by atoms with van der Waals surface area (Å²) in [7, 11) is 0. The van der Waals surface area contributed by atoms with E-state index in [2.05, 4.69) is 4.84 Å². The molecule has 0 unspecified atom stereocenters. The Labute approximate surface area is 60.3 Å². The predicted octanol–water partition coefficient (Wildman–Crippen LogP) is 0.891. The molecule has 1 saturated carbocycles. The first-order valence-electron chi connectivity index (χ1n) is 3.36. The van der Waals surface area contributed by atoms with Crippen LogP contribution in [-0.2, 0) is 0 Å². The average Bonchev–Trinajstić information content (AvgIpc) is 2.18. The van der Waals surface area contributed by atoms with Crippen LogP contribution in [0, 0.1) is 5.92 Å². The summed E-state index contributed by atoms with van der Waals surface area (Å²) in [6, 6.07) is 0. The number of aliphatic hydroxyl groups is 1. The second-order valence-electron chi connectivity index (χ2n) is 2.60. The van der Waals surface area contributed by atoms with Gasteiger partial charge in [0.1, 0.15) is 0 Å². The van der Waals surface area contributed by atoms with Crippen LogP contribution in [0.3, 0.4) is 0 Å². The van der Waals surface area contributed by atoms with Gasteiger partial charge in [0.25, 0.3) is 0 Å².